The van der Waals surface area contributed by atoms with Gasteiger partial charge in [-0.1, -0.05) is 13.8 Å². The molecule has 19 heavy (non-hydrogen) atoms. The second kappa shape index (κ2) is 5.88. The Morgan fingerprint density at radius 1 is 1.21 bits per heavy atom. The van der Waals surface area contributed by atoms with E-state index >= 15 is 0 Å². The van der Waals surface area contributed by atoms with Crippen molar-refractivity contribution in [3.63, 3.8) is 0 Å². The summed E-state index contributed by atoms with van der Waals surface area (Å²) in [5, 5.41) is 16.0. The van der Waals surface area contributed by atoms with Gasteiger partial charge in [-0.15, -0.1) is 10.2 Å². The van der Waals surface area contributed by atoms with E-state index in [1.807, 2.05) is 26.0 Å². The highest BCUT2D eigenvalue weighted by atomic mass is 15.4. The van der Waals surface area contributed by atoms with Crippen LogP contribution in [-0.4, -0.2) is 31.5 Å². The van der Waals surface area contributed by atoms with Crippen LogP contribution < -0.4 is 5.32 Å². The molecule has 0 amide bonds. The number of aryl methyl sites for hydroxylation is 2. The minimum absolute atomic E-state index is 0.632. The van der Waals surface area contributed by atoms with E-state index in [2.05, 4.69) is 39.4 Å². The van der Waals surface area contributed by atoms with Crippen LogP contribution in [0.3, 0.4) is 0 Å². The predicted octanol–water partition coefficient (Wildman–Crippen LogP) is 1.42. The first-order valence-corrected chi connectivity index (χ1v) is 6.50. The van der Waals surface area contributed by atoms with Crippen LogP contribution in [0.2, 0.25) is 0 Å². The van der Waals surface area contributed by atoms with Gasteiger partial charge in [0.25, 0.3) is 0 Å². The molecule has 0 radical (unpaired) electrons. The zero-order chi connectivity index (χ0) is 13.8. The average Bonchev–Trinajstić information content (AvgIpc) is 2.69. The van der Waals surface area contributed by atoms with Crippen LogP contribution >= 0.6 is 0 Å². The standard InChI is InChI=1S/C13H20N6/c1-9(2)7-14-8-12-5-6-13(17-16-12)19-11(4)15-10(3)18-19/h5-6,9,14H,7-8H2,1-4H3. The molecule has 0 saturated heterocycles. The summed E-state index contributed by atoms with van der Waals surface area (Å²) in [5.74, 6) is 2.89. The monoisotopic (exact) mass is 260 g/mol. The molecule has 0 bridgehead atoms. The zero-order valence-corrected chi connectivity index (χ0v) is 11.9. The van der Waals surface area contributed by atoms with Gasteiger partial charge >= 0.3 is 0 Å². The molecule has 0 spiro atoms. The van der Waals surface area contributed by atoms with Crippen LogP contribution in [0.5, 0.6) is 0 Å². The molecule has 2 aromatic heterocycles. The van der Waals surface area contributed by atoms with E-state index in [4.69, 9.17) is 0 Å². The van der Waals surface area contributed by atoms with E-state index < -0.39 is 0 Å². The molecular formula is C13H20N6. The Bertz CT molecular complexity index is 529. The third-order valence-electron chi connectivity index (χ3n) is 2.66. The van der Waals surface area contributed by atoms with Crippen LogP contribution in [-0.2, 0) is 6.54 Å². The summed E-state index contributed by atoms with van der Waals surface area (Å²) in [6.45, 7) is 9.84. The summed E-state index contributed by atoms with van der Waals surface area (Å²) in [7, 11) is 0. The van der Waals surface area contributed by atoms with E-state index in [1.165, 1.54) is 0 Å². The average molecular weight is 260 g/mol. The van der Waals surface area contributed by atoms with Crippen LogP contribution in [0.25, 0.3) is 5.82 Å². The van der Waals surface area contributed by atoms with E-state index in [0.717, 1.165) is 30.4 Å². The smallest absolute Gasteiger partial charge is 0.177 e. The second-order valence-electron chi connectivity index (χ2n) is 5.03. The lowest BCUT2D eigenvalue weighted by molar-refractivity contribution is 0.545. The van der Waals surface area contributed by atoms with Crippen LogP contribution in [0.15, 0.2) is 12.1 Å². The fourth-order valence-corrected chi connectivity index (χ4v) is 1.79. The summed E-state index contributed by atoms with van der Waals surface area (Å²) in [4.78, 5) is 4.25. The number of hydrogen-bond donors (Lipinski definition) is 1. The number of nitrogens with one attached hydrogen (secondary N) is 1. The van der Waals surface area contributed by atoms with Crippen molar-refractivity contribution < 1.29 is 0 Å². The maximum atomic E-state index is 4.28. The summed E-state index contributed by atoms with van der Waals surface area (Å²) < 4.78 is 1.70. The molecule has 0 atom stereocenters. The molecule has 6 nitrogen and oxygen atoms in total. The first kappa shape index (κ1) is 13.6. The Kier molecular flexibility index (Phi) is 4.21. The first-order valence-electron chi connectivity index (χ1n) is 6.50. The van der Waals surface area contributed by atoms with Gasteiger partial charge in [0, 0.05) is 6.54 Å². The first-order chi connectivity index (χ1) is 9.06. The molecule has 0 aromatic carbocycles. The largest absolute Gasteiger partial charge is 0.311 e. The van der Waals surface area contributed by atoms with E-state index in [-0.39, 0.29) is 0 Å². The topological polar surface area (TPSA) is 68.5 Å². The molecule has 2 aromatic rings. The molecule has 0 aliphatic rings. The van der Waals surface area contributed by atoms with Gasteiger partial charge in [-0.25, -0.2) is 4.98 Å². The van der Waals surface area contributed by atoms with Gasteiger partial charge in [0.1, 0.15) is 11.6 Å². The highest BCUT2D eigenvalue weighted by Gasteiger charge is 2.07. The SMILES string of the molecule is Cc1nc(C)n(-c2ccc(CNCC(C)C)nn2)n1. The molecule has 1 N–H and O–H groups in total. The highest BCUT2D eigenvalue weighted by molar-refractivity contribution is 5.21. The molecule has 0 aliphatic carbocycles. The minimum atomic E-state index is 0.632. The van der Waals surface area contributed by atoms with Crippen LogP contribution in [0, 0.1) is 19.8 Å². The van der Waals surface area contributed by atoms with Gasteiger partial charge in [0.05, 0.1) is 5.69 Å². The van der Waals surface area contributed by atoms with E-state index in [1.54, 1.807) is 4.68 Å². The van der Waals surface area contributed by atoms with Crippen molar-refractivity contribution in [3.8, 4) is 5.82 Å². The molecule has 2 heterocycles. The maximum Gasteiger partial charge on any atom is 0.177 e. The Balaban J connectivity index is 2.04. The van der Waals surface area contributed by atoms with E-state index in [0.29, 0.717) is 11.7 Å². The van der Waals surface area contributed by atoms with Crippen molar-refractivity contribution >= 4 is 0 Å². The normalized spacial score (nSPS) is 11.2. The number of hydrogen-bond acceptors (Lipinski definition) is 5. The minimum Gasteiger partial charge on any atom is -0.311 e. The van der Waals surface area contributed by atoms with Crippen molar-refractivity contribution in [3.05, 3.63) is 29.5 Å². The molecular weight excluding hydrogens is 240 g/mol. The highest BCUT2D eigenvalue weighted by Crippen LogP contribution is 2.06. The summed E-state index contributed by atoms with van der Waals surface area (Å²) in [6, 6.07) is 3.88. The number of rotatable bonds is 5. The lowest BCUT2D eigenvalue weighted by Gasteiger charge is -2.07. The van der Waals surface area contributed by atoms with E-state index in [9.17, 15) is 0 Å². The van der Waals surface area contributed by atoms with Crippen molar-refractivity contribution in [2.75, 3.05) is 6.54 Å². The molecule has 2 rings (SSSR count). The lowest BCUT2D eigenvalue weighted by Crippen LogP contribution is -2.20. The molecule has 102 valence electrons. The quantitative estimate of drug-likeness (QED) is 0.880. The summed E-state index contributed by atoms with van der Waals surface area (Å²) in [5.41, 5.74) is 0.930. The fraction of sp³-hybridized carbons (Fsp3) is 0.538. The van der Waals surface area contributed by atoms with Gasteiger partial charge in [-0.3, -0.25) is 0 Å². The van der Waals surface area contributed by atoms with Crippen LogP contribution in [0.4, 0.5) is 0 Å². The maximum absolute atomic E-state index is 4.28. The third-order valence-corrected chi connectivity index (χ3v) is 2.66. The second-order valence-corrected chi connectivity index (χ2v) is 5.03. The Labute approximate surface area is 113 Å². The van der Waals surface area contributed by atoms with Crippen molar-refractivity contribution in [1.29, 1.82) is 0 Å². The predicted molar refractivity (Wildman–Crippen MR) is 73.0 cm³/mol. The molecule has 0 saturated carbocycles. The number of nitrogens with zero attached hydrogens (tertiary/aromatic N) is 5. The van der Waals surface area contributed by atoms with Crippen molar-refractivity contribution in [2.45, 2.75) is 34.2 Å². The summed E-state index contributed by atoms with van der Waals surface area (Å²) in [6.07, 6.45) is 0. The third kappa shape index (κ3) is 3.57. The molecule has 6 heteroatoms. The van der Waals surface area contributed by atoms with Gasteiger partial charge in [-0.05, 0) is 38.4 Å². The van der Waals surface area contributed by atoms with Crippen LogP contribution in [0.1, 0.15) is 31.2 Å². The lowest BCUT2D eigenvalue weighted by atomic mass is 10.2. The van der Waals surface area contributed by atoms with Crippen molar-refractivity contribution in [1.82, 2.24) is 30.3 Å². The molecule has 0 fully saturated rings. The van der Waals surface area contributed by atoms with Gasteiger partial charge in [-0.2, -0.15) is 9.78 Å². The fourth-order valence-electron chi connectivity index (χ4n) is 1.79. The summed E-state index contributed by atoms with van der Waals surface area (Å²) >= 11 is 0. The van der Waals surface area contributed by atoms with Crippen molar-refractivity contribution in [2.24, 2.45) is 5.92 Å². The van der Waals surface area contributed by atoms with Gasteiger partial charge in [0.2, 0.25) is 0 Å². The molecule has 0 aliphatic heterocycles. The van der Waals surface area contributed by atoms with Gasteiger partial charge < -0.3 is 5.32 Å². The Hall–Kier alpha value is -1.82. The van der Waals surface area contributed by atoms with Gasteiger partial charge in [0.15, 0.2) is 5.82 Å². The Morgan fingerprint density at radius 3 is 2.53 bits per heavy atom. The zero-order valence-electron chi connectivity index (χ0n) is 11.9. The Morgan fingerprint density at radius 2 is 2.00 bits per heavy atom. The molecule has 0 unspecified atom stereocenters. The number of aromatic nitrogens is 5.